The average molecular weight is 1300 g/mol. The molecule has 0 atom stereocenters. The summed E-state index contributed by atoms with van der Waals surface area (Å²) in [6.45, 7) is 54.0. The maximum Gasteiger partial charge on any atom is 1.00 e. The van der Waals surface area contributed by atoms with E-state index in [0.29, 0.717) is 0 Å². The molecule has 0 fully saturated rings. The molecule has 0 aliphatic rings. The molecule has 0 aliphatic carbocycles. The standard InChI is InChI=1S/12CO.4K.4H2O.4W/c12*1-2;;;;;;;;;;;;/h;;;;;;;;;;;;;;;;4*1H2;;;;/q;;;;;;;;;;;;4*+1;;;;;;;;/p-4. The van der Waals surface area contributed by atoms with Gasteiger partial charge in [-0.1, -0.05) is 0 Å². The Balaban J connectivity index is -0.00000000193. The van der Waals surface area contributed by atoms with Crippen molar-refractivity contribution in [3.8, 4) is 0 Å². The Morgan fingerprint density at radius 1 is 0.167 bits per heavy atom. The van der Waals surface area contributed by atoms with Gasteiger partial charge in [0.15, 0.2) is 0 Å². The third-order valence-electron chi connectivity index (χ3n) is 0. The number of hydrogen-bond acceptors (Lipinski definition) is 4. The Kier molecular flexibility index (Phi) is 11000. The van der Waals surface area contributed by atoms with Crippen LogP contribution < -0.4 is 206 Å². The summed E-state index contributed by atoms with van der Waals surface area (Å²) in [5.74, 6) is 0. The van der Waals surface area contributed by atoms with Gasteiger partial charge in [0.1, 0.15) is 0 Å². The van der Waals surface area contributed by atoms with E-state index < -0.39 is 0 Å². The second-order valence-corrected chi connectivity index (χ2v) is 0. The minimum Gasteiger partial charge on any atom is -0.870 e. The van der Waals surface area contributed by atoms with Gasteiger partial charge in [-0.15, -0.1) is 0 Å². The normalized spacial score (nSPS) is 0.667. The van der Waals surface area contributed by atoms with Gasteiger partial charge in [0.25, 0.3) is 0 Å². The van der Waals surface area contributed by atoms with Gasteiger partial charge in [-0.05, 0) is 0 Å². The average Bonchev–Trinajstić information content (AvgIpc) is 2.84. The van der Waals surface area contributed by atoms with Crippen molar-refractivity contribution in [1.29, 1.82) is 0 Å². The van der Waals surface area contributed by atoms with E-state index >= 15 is 0 Å². The Hall–Kier alpha value is 6.02. The SMILES string of the molecule is [C-]#[O+].[C-]#[O+].[C-]#[O+].[C-]#[O+].[C-]#[O+].[C-]#[O+].[C-]#[O+].[C-]#[O+].[C-]#[O+].[C-]#[O+].[C-]#[O+].[C-]#[O+].[K+].[K+].[K+].[K+].[OH-].[OH-].[OH-].[OH-].[W].[W].[W].[W]. The molecule has 0 aromatic rings. The Bertz CT molecular complexity index is 249. The van der Waals surface area contributed by atoms with Crippen LogP contribution in [-0.2, 0) is 140 Å². The van der Waals surface area contributed by atoms with Gasteiger partial charge >= 0.3 is 341 Å². The van der Waals surface area contributed by atoms with Gasteiger partial charge in [0.2, 0.25) is 0 Å². The van der Waals surface area contributed by atoms with Crippen LogP contribution in [0.15, 0.2) is 0 Å². The molecule has 0 saturated heterocycles. The van der Waals surface area contributed by atoms with Crippen molar-refractivity contribution in [2.45, 2.75) is 0 Å². The largest absolute Gasteiger partial charge is 1.00 e. The zero-order chi connectivity index (χ0) is 24.0. The fraction of sp³-hybridized carbons (Fsp3) is 0. The summed E-state index contributed by atoms with van der Waals surface area (Å²) in [5.41, 5.74) is 0. The van der Waals surface area contributed by atoms with Gasteiger partial charge in [0, 0.05) is 84.3 Å². The van der Waals surface area contributed by atoms with Crippen LogP contribution in [0.25, 0.3) is 0 Å². The predicted octanol–water partition coefficient (Wildman–Crippen LogP) is -13.2. The topological polar surface area (TPSA) is 359 Å². The zero-order valence-corrected chi connectivity index (χ0v) is 42.5. The Morgan fingerprint density at radius 2 is 0.167 bits per heavy atom. The first kappa shape index (κ1) is 218. The first-order valence-electron chi connectivity index (χ1n) is 2.45. The Labute approximate surface area is 436 Å². The molecule has 0 spiro atoms. The minimum atomic E-state index is 0. The first-order valence-corrected chi connectivity index (χ1v) is 2.45. The summed E-state index contributed by atoms with van der Waals surface area (Å²) in [4.78, 5) is 0. The van der Waals surface area contributed by atoms with Crippen LogP contribution in [0.5, 0.6) is 0 Å². The fourth-order valence-electron chi connectivity index (χ4n) is 0. The third-order valence-corrected chi connectivity index (χ3v) is 0. The minimum absolute atomic E-state index is 0. The maximum absolute atomic E-state index is 7.50. The monoisotopic (exact) mass is 1300 g/mol. The van der Waals surface area contributed by atoms with Crippen LogP contribution in [0.2, 0.25) is 0 Å². The molecule has 36 heavy (non-hydrogen) atoms. The van der Waals surface area contributed by atoms with Crippen molar-refractivity contribution in [2.24, 2.45) is 0 Å². The molecular weight excluding hydrogens is 1290 g/mol. The summed E-state index contributed by atoms with van der Waals surface area (Å²) in [7, 11) is 0. The van der Waals surface area contributed by atoms with E-state index in [1.54, 1.807) is 0 Å². The van der Waals surface area contributed by atoms with Crippen molar-refractivity contribution >= 4 is 0 Å². The summed E-state index contributed by atoms with van der Waals surface area (Å²) >= 11 is 0. The molecule has 0 aliphatic heterocycles. The van der Waals surface area contributed by atoms with E-state index in [0.717, 1.165) is 0 Å². The molecule has 0 unspecified atom stereocenters. The molecular formula is C12H4K4O16W4. The summed E-state index contributed by atoms with van der Waals surface area (Å²) in [6, 6.07) is 0. The van der Waals surface area contributed by atoms with Crippen molar-refractivity contribution in [1.82, 2.24) is 0 Å². The van der Waals surface area contributed by atoms with E-state index in [1.807, 2.05) is 0 Å². The van der Waals surface area contributed by atoms with Crippen LogP contribution in [0, 0.1) is 79.8 Å². The molecule has 176 valence electrons. The molecule has 0 aromatic heterocycles. The van der Waals surface area contributed by atoms with E-state index in [1.165, 1.54) is 0 Å². The van der Waals surface area contributed by atoms with Crippen molar-refractivity contribution in [2.75, 3.05) is 0 Å². The van der Waals surface area contributed by atoms with E-state index in [9.17, 15) is 0 Å². The van der Waals surface area contributed by atoms with Gasteiger partial charge in [-0.2, -0.15) is 0 Å². The first-order chi connectivity index (χ1) is 12.0. The molecule has 0 heterocycles. The molecule has 0 radical (unpaired) electrons. The van der Waals surface area contributed by atoms with Gasteiger partial charge in [0.05, 0.1) is 0 Å². The van der Waals surface area contributed by atoms with Crippen LogP contribution in [-0.4, -0.2) is 21.9 Å². The molecule has 16 nitrogen and oxygen atoms in total. The van der Waals surface area contributed by atoms with Crippen molar-refractivity contribution in [3.05, 3.63) is 79.8 Å². The second-order valence-electron chi connectivity index (χ2n) is 0. The van der Waals surface area contributed by atoms with Crippen molar-refractivity contribution < 1.29 is 368 Å². The number of hydrogen-bond donors (Lipinski definition) is 0. The molecule has 0 aromatic carbocycles. The maximum atomic E-state index is 7.50. The summed E-state index contributed by atoms with van der Waals surface area (Å²) in [6.07, 6.45) is 0. The van der Waals surface area contributed by atoms with Crippen molar-refractivity contribution in [3.63, 3.8) is 0 Å². The summed E-state index contributed by atoms with van der Waals surface area (Å²) < 4.78 is 90.0. The molecule has 0 saturated carbocycles. The van der Waals surface area contributed by atoms with Crippen LogP contribution >= 0.6 is 0 Å². The predicted molar refractivity (Wildman–Crippen MR) is 54.9 cm³/mol. The molecule has 0 bridgehead atoms. The molecule has 4 N–H and O–H groups in total. The quantitative estimate of drug-likeness (QED) is 0.130. The van der Waals surface area contributed by atoms with Gasteiger partial charge in [-0.3, -0.25) is 0 Å². The van der Waals surface area contributed by atoms with Gasteiger partial charge < -0.3 is 21.9 Å². The smallest absolute Gasteiger partial charge is 0.870 e. The molecule has 0 rings (SSSR count). The van der Waals surface area contributed by atoms with Crippen LogP contribution in [0.4, 0.5) is 0 Å². The van der Waals surface area contributed by atoms with E-state index in [2.05, 4.69) is 79.8 Å². The Morgan fingerprint density at radius 3 is 0.167 bits per heavy atom. The third kappa shape index (κ3) is 1680. The van der Waals surface area contributed by atoms with E-state index in [-0.39, 0.29) is 312 Å². The molecule has 0 amide bonds. The number of rotatable bonds is 0. The fourth-order valence-corrected chi connectivity index (χ4v) is 0. The van der Waals surface area contributed by atoms with E-state index in [4.69, 9.17) is 55.8 Å². The van der Waals surface area contributed by atoms with Crippen LogP contribution in [0.3, 0.4) is 0 Å². The zero-order valence-electron chi connectivity index (χ0n) is 18.3. The second kappa shape index (κ2) is 1810. The summed E-state index contributed by atoms with van der Waals surface area (Å²) in [5, 5.41) is 0. The van der Waals surface area contributed by atoms with Gasteiger partial charge in [-0.25, -0.2) is 0 Å². The van der Waals surface area contributed by atoms with Crippen LogP contribution in [0.1, 0.15) is 0 Å². The molecule has 24 heteroatoms.